The summed E-state index contributed by atoms with van der Waals surface area (Å²) in [7, 11) is 1.58. The number of aliphatic carboxylic acids is 1. The minimum atomic E-state index is -1.17. The van der Waals surface area contributed by atoms with Gasteiger partial charge in [0.1, 0.15) is 6.04 Å². The Hall–Kier alpha value is -1.38. The molecule has 0 saturated heterocycles. The van der Waals surface area contributed by atoms with Crippen LogP contribution in [0, 0.1) is 0 Å². The van der Waals surface area contributed by atoms with E-state index < -0.39 is 18.0 Å². The Morgan fingerprint density at radius 2 is 2.00 bits per heavy atom. The Morgan fingerprint density at radius 3 is 2.58 bits per heavy atom. The summed E-state index contributed by atoms with van der Waals surface area (Å²) in [6.45, 7) is 1.59. The number of aliphatic hydroxyl groups excluding tert-OH is 1. The van der Waals surface area contributed by atoms with E-state index in [2.05, 4.69) is 10.6 Å². The first kappa shape index (κ1) is 17.6. The van der Waals surface area contributed by atoms with Gasteiger partial charge in [-0.15, -0.1) is 0 Å². The molecule has 0 fully saturated rings. The van der Waals surface area contributed by atoms with Gasteiger partial charge < -0.3 is 30.3 Å². The second-order valence-electron chi connectivity index (χ2n) is 3.76. The summed E-state index contributed by atoms with van der Waals surface area (Å²) in [6.07, 6.45) is 0.595. The molecule has 8 heteroatoms. The maximum absolute atomic E-state index is 11.3. The van der Waals surface area contributed by atoms with E-state index in [0.29, 0.717) is 32.8 Å². The molecule has 19 heavy (non-hydrogen) atoms. The van der Waals surface area contributed by atoms with Gasteiger partial charge in [-0.2, -0.15) is 0 Å². The molecule has 0 heterocycles. The molecule has 0 aliphatic rings. The number of carbonyl (C=O) groups excluding carboxylic acids is 1. The summed E-state index contributed by atoms with van der Waals surface area (Å²) in [5.41, 5.74) is 0. The van der Waals surface area contributed by atoms with Crippen molar-refractivity contribution in [3.8, 4) is 0 Å². The van der Waals surface area contributed by atoms with Crippen molar-refractivity contribution < 1.29 is 29.3 Å². The van der Waals surface area contributed by atoms with Crippen LogP contribution in [0.25, 0.3) is 0 Å². The van der Waals surface area contributed by atoms with Crippen LogP contribution in [0.4, 0.5) is 4.79 Å². The number of carbonyl (C=O) groups is 2. The molecule has 8 nitrogen and oxygen atoms in total. The second kappa shape index (κ2) is 11.7. The molecule has 0 spiro atoms. The molecular formula is C11H22N2O6. The zero-order valence-corrected chi connectivity index (χ0v) is 11.1. The van der Waals surface area contributed by atoms with E-state index in [4.69, 9.17) is 19.7 Å². The Labute approximate surface area is 112 Å². The highest BCUT2D eigenvalue weighted by Gasteiger charge is 2.18. The van der Waals surface area contributed by atoms with Crippen LogP contribution < -0.4 is 10.6 Å². The van der Waals surface area contributed by atoms with Gasteiger partial charge in [-0.05, 0) is 6.42 Å². The van der Waals surface area contributed by atoms with E-state index >= 15 is 0 Å². The van der Waals surface area contributed by atoms with Crippen LogP contribution in [0.2, 0.25) is 0 Å². The number of amides is 2. The van der Waals surface area contributed by atoms with Crippen LogP contribution in [0.1, 0.15) is 12.8 Å². The predicted molar refractivity (Wildman–Crippen MR) is 67.0 cm³/mol. The smallest absolute Gasteiger partial charge is 0.326 e. The molecule has 0 aromatic heterocycles. The van der Waals surface area contributed by atoms with Crippen molar-refractivity contribution in [2.45, 2.75) is 18.9 Å². The van der Waals surface area contributed by atoms with Crippen molar-refractivity contribution >= 4 is 12.0 Å². The van der Waals surface area contributed by atoms with E-state index in [1.165, 1.54) is 0 Å². The largest absolute Gasteiger partial charge is 0.480 e. The van der Waals surface area contributed by atoms with E-state index in [1.807, 2.05) is 0 Å². The first-order chi connectivity index (χ1) is 9.11. The van der Waals surface area contributed by atoms with Crippen LogP contribution in [0.15, 0.2) is 0 Å². The third-order valence-electron chi connectivity index (χ3n) is 2.20. The molecule has 0 radical (unpaired) electrons. The van der Waals surface area contributed by atoms with Gasteiger partial charge in [0, 0.05) is 33.3 Å². The second-order valence-corrected chi connectivity index (χ2v) is 3.76. The van der Waals surface area contributed by atoms with Gasteiger partial charge in [0.05, 0.1) is 13.2 Å². The number of aliphatic hydroxyl groups is 1. The molecule has 1 atom stereocenters. The molecule has 0 aromatic carbocycles. The van der Waals surface area contributed by atoms with Gasteiger partial charge in [0.2, 0.25) is 0 Å². The SMILES string of the molecule is COCCOCCCNC(=O)N[C@H](CCO)C(=O)O. The van der Waals surface area contributed by atoms with Gasteiger partial charge in [0.25, 0.3) is 0 Å². The minimum absolute atomic E-state index is 0.0249. The van der Waals surface area contributed by atoms with Gasteiger partial charge in [0.15, 0.2) is 0 Å². The van der Waals surface area contributed by atoms with E-state index in [1.54, 1.807) is 7.11 Å². The number of rotatable bonds is 11. The van der Waals surface area contributed by atoms with Crippen molar-refractivity contribution in [2.24, 2.45) is 0 Å². The van der Waals surface area contributed by atoms with E-state index in [-0.39, 0.29) is 13.0 Å². The number of urea groups is 1. The summed E-state index contributed by atoms with van der Waals surface area (Å²) in [5, 5.41) is 22.2. The lowest BCUT2D eigenvalue weighted by Crippen LogP contribution is -2.46. The normalized spacial score (nSPS) is 11.9. The third-order valence-corrected chi connectivity index (χ3v) is 2.20. The third kappa shape index (κ3) is 10.2. The fourth-order valence-electron chi connectivity index (χ4n) is 1.22. The van der Waals surface area contributed by atoms with Gasteiger partial charge in [-0.1, -0.05) is 0 Å². The van der Waals surface area contributed by atoms with Crippen molar-refractivity contribution in [3.05, 3.63) is 0 Å². The molecule has 0 aliphatic carbocycles. The first-order valence-electron chi connectivity index (χ1n) is 6.06. The molecular weight excluding hydrogens is 256 g/mol. The topological polar surface area (TPSA) is 117 Å². The Morgan fingerprint density at radius 1 is 1.26 bits per heavy atom. The molecule has 0 bridgehead atoms. The highest BCUT2D eigenvalue weighted by molar-refractivity contribution is 5.82. The summed E-state index contributed by atoms with van der Waals surface area (Å²) < 4.78 is 9.98. The average molecular weight is 278 g/mol. The molecule has 0 unspecified atom stereocenters. The Balaban J connectivity index is 3.60. The molecule has 2 amide bonds. The van der Waals surface area contributed by atoms with Gasteiger partial charge >= 0.3 is 12.0 Å². The molecule has 4 N–H and O–H groups in total. The molecule has 0 rings (SSSR count). The monoisotopic (exact) mass is 278 g/mol. The van der Waals surface area contributed by atoms with Crippen LogP contribution in [0.3, 0.4) is 0 Å². The number of carboxylic acid groups (broad SMARTS) is 1. The highest BCUT2D eigenvalue weighted by atomic mass is 16.5. The summed E-state index contributed by atoms with van der Waals surface area (Å²) in [5.74, 6) is -1.17. The highest BCUT2D eigenvalue weighted by Crippen LogP contribution is 1.91. The van der Waals surface area contributed by atoms with E-state index in [0.717, 1.165) is 0 Å². The summed E-state index contributed by atoms with van der Waals surface area (Å²) in [6, 6.07) is -1.65. The maximum Gasteiger partial charge on any atom is 0.326 e. The zero-order chi connectivity index (χ0) is 14.5. The van der Waals surface area contributed by atoms with Crippen LogP contribution in [0.5, 0.6) is 0 Å². The van der Waals surface area contributed by atoms with Crippen molar-refractivity contribution in [2.75, 3.05) is 40.1 Å². The molecule has 0 aliphatic heterocycles. The fourth-order valence-corrected chi connectivity index (χ4v) is 1.22. The number of ether oxygens (including phenoxy) is 2. The molecule has 0 aromatic rings. The average Bonchev–Trinajstić information content (AvgIpc) is 2.37. The first-order valence-corrected chi connectivity index (χ1v) is 6.06. The van der Waals surface area contributed by atoms with E-state index in [9.17, 15) is 9.59 Å². The van der Waals surface area contributed by atoms with Gasteiger partial charge in [-0.25, -0.2) is 9.59 Å². The zero-order valence-electron chi connectivity index (χ0n) is 11.1. The lowest BCUT2D eigenvalue weighted by atomic mass is 10.2. The van der Waals surface area contributed by atoms with Crippen molar-refractivity contribution in [3.63, 3.8) is 0 Å². The standard InChI is InChI=1S/C11H22N2O6/c1-18-7-8-19-6-2-4-12-11(17)13-9(3-5-14)10(15)16/h9,14H,2-8H2,1H3,(H,15,16)(H2,12,13,17)/t9-/m1/s1. The van der Waals surface area contributed by atoms with Crippen molar-refractivity contribution in [1.82, 2.24) is 10.6 Å². The number of carboxylic acids is 1. The maximum atomic E-state index is 11.3. The molecule has 0 saturated carbocycles. The predicted octanol–water partition coefficient (Wildman–Crippen LogP) is -0.826. The Kier molecular flexibility index (Phi) is 10.8. The van der Waals surface area contributed by atoms with Crippen LogP contribution in [-0.4, -0.2) is 68.3 Å². The van der Waals surface area contributed by atoms with Crippen LogP contribution in [-0.2, 0) is 14.3 Å². The molecule has 112 valence electrons. The number of hydrogen-bond acceptors (Lipinski definition) is 5. The van der Waals surface area contributed by atoms with Crippen molar-refractivity contribution in [1.29, 1.82) is 0 Å². The summed E-state index contributed by atoms with van der Waals surface area (Å²) in [4.78, 5) is 22.1. The minimum Gasteiger partial charge on any atom is -0.480 e. The number of methoxy groups -OCH3 is 1. The lowest BCUT2D eigenvalue weighted by molar-refractivity contribution is -0.139. The Bertz CT molecular complexity index is 262. The van der Waals surface area contributed by atoms with Gasteiger partial charge in [-0.3, -0.25) is 0 Å². The van der Waals surface area contributed by atoms with Crippen LogP contribution >= 0.6 is 0 Å². The number of nitrogens with one attached hydrogen (secondary N) is 2. The fraction of sp³-hybridized carbons (Fsp3) is 0.818. The summed E-state index contributed by atoms with van der Waals surface area (Å²) >= 11 is 0. The lowest BCUT2D eigenvalue weighted by Gasteiger charge is -2.13. The number of hydrogen-bond donors (Lipinski definition) is 4. The quantitative estimate of drug-likeness (QED) is 0.367.